The Balaban J connectivity index is 3.21. The molecule has 2 amide bonds. The highest BCUT2D eigenvalue weighted by molar-refractivity contribution is 5.76. The van der Waals surface area contributed by atoms with Crippen molar-refractivity contribution in [2.75, 3.05) is 13.1 Å². The van der Waals surface area contributed by atoms with E-state index in [9.17, 15) is 9.59 Å². The minimum Gasteiger partial charge on any atom is -0.356 e. The lowest BCUT2D eigenvalue weighted by Gasteiger charge is -2.07. The molecule has 0 unspecified atom stereocenters. The van der Waals surface area contributed by atoms with E-state index in [0.29, 0.717) is 12.8 Å². The quantitative estimate of drug-likeness (QED) is 0.0597. The molecule has 0 radical (unpaired) electrons. The molecule has 0 spiro atoms. The molecule has 454 valence electrons. The van der Waals surface area contributed by atoms with E-state index in [2.05, 4.69) is 24.5 Å². The molecule has 0 saturated heterocycles. The lowest BCUT2D eigenvalue weighted by atomic mass is 10.0. The van der Waals surface area contributed by atoms with E-state index < -0.39 is 0 Å². The lowest BCUT2D eigenvalue weighted by molar-refractivity contribution is -0.122. The van der Waals surface area contributed by atoms with Crippen molar-refractivity contribution in [1.82, 2.24) is 10.6 Å². The Hall–Kier alpha value is -1.06. The standard InChI is InChI=1S/C72H144N2O2/c1-3-5-7-9-11-13-15-17-19-21-23-25-27-29-31-33-35-37-39-41-43-45-47-49-51-53-55-57-59-63-67-71(75)73-69-65-61-62-66-70-74-72(76)68-64-60-58-56-54-52-50-48-46-44-42-40-38-36-34-32-30-28-26-24-22-20-18-16-14-12-10-8-6-4-2/h3-70H2,1-2H3,(H,73,75)(H,74,76). The van der Waals surface area contributed by atoms with Crippen LogP contribution in [-0.4, -0.2) is 24.9 Å². The van der Waals surface area contributed by atoms with Crippen LogP contribution in [0.5, 0.6) is 0 Å². The number of nitrogens with one attached hydrogen (secondary N) is 2. The van der Waals surface area contributed by atoms with Crippen LogP contribution in [0.15, 0.2) is 0 Å². The average molecular weight is 1070 g/mol. The van der Waals surface area contributed by atoms with Crippen LogP contribution in [0.25, 0.3) is 0 Å². The molecule has 0 aliphatic heterocycles. The molecule has 0 saturated carbocycles. The molecule has 0 fully saturated rings. The molecular formula is C72H144N2O2. The van der Waals surface area contributed by atoms with Crippen molar-refractivity contribution < 1.29 is 9.59 Å². The Morgan fingerprint density at radius 2 is 0.289 bits per heavy atom. The van der Waals surface area contributed by atoms with Gasteiger partial charge in [0.15, 0.2) is 0 Å². The number of carbonyl (C=O) groups excluding carboxylic acids is 2. The Bertz CT molecular complexity index is 979. The SMILES string of the molecule is CCCCCCCCCCCCCCCCCCCCCCCCCCCCCCCCC(=O)NCCCCCCNC(=O)CCCCCCCCCCCCCCCCCCCCCCCCCCCCCCCC. The summed E-state index contributed by atoms with van der Waals surface area (Å²) in [7, 11) is 0. The van der Waals surface area contributed by atoms with E-state index in [1.807, 2.05) is 0 Å². The summed E-state index contributed by atoms with van der Waals surface area (Å²) in [5.41, 5.74) is 0. The normalized spacial score (nSPS) is 11.6. The highest BCUT2D eigenvalue weighted by Gasteiger charge is 2.04. The molecule has 76 heavy (non-hydrogen) atoms. The van der Waals surface area contributed by atoms with Gasteiger partial charge < -0.3 is 10.6 Å². The zero-order valence-electron chi connectivity index (χ0n) is 52.9. The molecule has 4 heteroatoms. The fourth-order valence-electron chi connectivity index (χ4n) is 11.9. The second-order valence-electron chi connectivity index (χ2n) is 25.1. The molecule has 4 nitrogen and oxygen atoms in total. The van der Waals surface area contributed by atoms with Crippen molar-refractivity contribution in [3.63, 3.8) is 0 Å². The van der Waals surface area contributed by atoms with Gasteiger partial charge in [-0.2, -0.15) is 0 Å². The van der Waals surface area contributed by atoms with Gasteiger partial charge in [-0.1, -0.05) is 399 Å². The first-order valence-electron chi connectivity index (χ1n) is 36.2. The number of carbonyl (C=O) groups is 2. The molecular weight excluding hydrogens is 925 g/mol. The third kappa shape index (κ3) is 69.0. The number of hydrogen-bond acceptors (Lipinski definition) is 2. The fraction of sp³-hybridized carbons (Fsp3) is 0.972. The van der Waals surface area contributed by atoms with Crippen LogP contribution in [0, 0.1) is 0 Å². The maximum atomic E-state index is 12.3. The second kappa shape index (κ2) is 70.0. The van der Waals surface area contributed by atoms with Gasteiger partial charge in [0.1, 0.15) is 0 Å². The summed E-state index contributed by atoms with van der Waals surface area (Å²) >= 11 is 0. The summed E-state index contributed by atoms with van der Waals surface area (Å²) in [6.45, 7) is 6.21. The Morgan fingerprint density at radius 1 is 0.171 bits per heavy atom. The average Bonchev–Trinajstić information content (AvgIpc) is 3.42. The summed E-state index contributed by atoms with van der Waals surface area (Å²) in [6.07, 6.45) is 90.9. The molecule has 0 aromatic heterocycles. The van der Waals surface area contributed by atoms with E-state index in [1.165, 1.54) is 372 Å². The van der Waals surface area contributed by atoms with E-state index in [4.69, 9.17) is 0 Å². The number of rotatable bonds is 69. The van der Waals surface area contributed by atoms with E-state index >= 15 is 0 Å². The maximum Gasteiger partial charge on any atom is 0.219 e. The summed E-state index contributed by atoms with van der Waals surface area (Å²) in [6, 6.07) is 0. The predicted octanol–water partition coefficient (Wildman–Crippen LogP) is 25.0. The number of amides is 2. The zero-order valence-corrected chi connectivity index (χ0v) is 52.9. The molecule has 0 aromatic rings. The van der Waals surface area contributed by atoms with Crippen LogP contribution in [0.1, 0.15) is 438 Å². The molecule has 0 atom stereocenters. The first-order chi connectivity index (χ1) is 37.7. The van der Waals surface area contributed by atoms with Gasteiger partial charge in [0.05, 0.1) is 0 Å². The van der Waals surface area contributed by atoms with Crippen molar-refractivity contribution in [1.29, 1.82) is 0 Å². The summed E-state index contributed by atoms with van der Waals surface area (Å²) in [4.78, 5) is 24.5. The Morgan fingerprint density at radius 3 is 0.434 bits per heavy atom. The maximum absolute atomic E-state index is 12.3. The third-order valence-electron chi connectivity index (χ3n) is 17.3. The van der Waals surface area contributed by atoms with Crippen LogP contribution in [-0.2, 0) is 9.59 Å². The second-order valence-corrected chi connectivity index (χ2v) is 25.1. The topological polar surface area (TPSA) is 58.2 Å². The van der Waals surface area contributed by atoms with Crippen LogP contribution in [0.2, 0.25) is 0 Å². The molecule has 2 N–H and O–H groups in total. The molecule has 0 bridgehead atoms. The van der Waals surface area contributed by atoms with Crippen molar-refractivity contribution in [3.05, 3.63) is 0 Å². The van der Waals surface area contributed by atoms with Crippen molar-refractivity contribution in [3.8, 4) is 0 Å². The summed E-state index contributed by atoms with van der Waals surface area (Å²) in [5.74, 6) is 0.461. The fourth-order valence-corrected chi connectivity index (χ4v) is 11.9. The van der Waals surface area contributed by atoms with E-state index in [0.717, 1.165) is 51.6 Å². The monoisotopic (exact) mass is 1070 g/mol. The minimum atomic E-state index is 0.231. The van der Waals surface area contributed by atoms with Gasteiger partial charge in [-0.15, -0.1) is 0 Å². The van der Waals surface area contributed by atoms with Crippen LogP contribution in [0.4, 0.5) is 0 Å². The van der Waals surface area contributed by atoms with E-state index in [1.54, 1.807) is 0 Å². The first-order valence-corrected chi connectivity index (χ1v) is 36.2. The van der Waals surface area contributed by atoms with Crippen molar-refractivity contribution >= 4 is 11.8 Å². The van der Waals surface area contributed by atoms with Crippen LogP contribution in [0.3, 0.4) is 0 Å². The predicted molar refractivity (Wildman–Crippen MR) is 342 cm³/mol. The summed E-state index contributed by atoms with van der Waals surface area (Å²) < 4.78 is 0. The Labute approximate surface area is 480 Å². The molecule has 0 aliphatic carbocycles. The van der Waals surface area contributed by atoms with Gasteiger partial charge in [0.2, 0.25) is 11.8 Å². The molecule has 0 aromatic carbocycles. The lowest BCUT2D eigenvalue weighted by Crippen LogP contribution is -2.24. The Kier molecular flexibility index (Phi) is 69.1. The third-order valence-corrected chi connectivity index (χ3v) is 17.3. The smallest absolute Gasteiger partial charge is 0.219 e. The van der Waals surface area contributed by atoms with E-state index in [-0.39, 0.29) is 11.8 Å². The molecule has 0 aliphatic rings. The van der Waals surface area contributed by atoms with Gasteiger partial charge in [0, 0.05) is 25.9 Å². The van der Waals surface area contributed by atoms with Gasteiger partial charge >= 0.3 is 0 Å². The zero-order chi connectivity index (χ0) is 54.7. The van der Waals surface area contributed by atoms with Gasteiger partial charge in [-0.25, -0.2) is 0 Å². The van der Waals surface area contributed by atoms with Gasteiger partial charge in [-0.3, -0.25) is 9.59 Å². The first kappa shape index (κ1) is 74.9. The van der Waals surface area contributed by atoms with Gasteiger partial charge in [0.25, 0.3) is 0 Å². The summed E-state index contributed by atoms with van der Waals surface area (Å²) in [5, 5.41) is 6.26. The number of hydrogen-bond donors (Lipinski definition) is 2. The van der Waals surface area contributed by atoms with Gasteiger partial charge in [-0.05, 0) is 25.7 Å². The molecule has 0 heterocycles. The highest BCUT2D eigenvalue weighted by atomic mass is 16.2. The van der Waals surface area contributed by atoms with Crippen LogP contribution >= 0.6 is 0 Å². The minimum absolute atomic E-state index is 0.231. The number of unbranched alkanes of at least 4 members (excludes halogenated alkanes) is 61. The largest absolute Gasteiger partial charge is 0.356 e. The van der Waals surface area contributed by atoms with Crippen molar-refractivity contribution in [2.24, 2.45) is 0 Å². The highest BCUT2D eigenvalue weighted by Crippen LogP contribution is 2.20. The van der Waals surface area contributed by atoms with Crippen molar-refractivity contribution in [2.45, 2.75) is 438 Å². The van der Waals surface area contributed by atoms with Crippen LogP contribution < -0.4 is 10.6 Å². The molecule has 0 rings (SSSR count).